The summed E-state index contributed by atoms with van der Waals surface area (Å²) in [6, 6.07) is 0.702. The Hall–Kier alpha value is -2.05. The summed E-state index contributed by atoms with van der Waals surface area (Å²) in [5.41, 5.74) is -1.44. The van der Waals surface area contributed by atoms with Crippen LogP contribution in [0.2, 0.25) is 0 Å². The smallest absolute Gasteiger partial charge is 0.416 e. The van der Waals surface area contributed by atoms with Crippen LogP contribution in [0.25, 0.3) is 0 Å². The molecule has 3 nitrogen and oxygen atoms in total. The Morgan fingerprint density at radius 1 is 1.47 bits per heavy atom. The Morgan fingerprint density at radius 2 is 2.11 bits per heavy atom. The summed E-state index contributed by atoms with van der Waals surface area (Å²) in [6.07, 6.45) is -3.32. The quantitative estimate of drug-likeness (QED) is 0.641. The van der Waals surface area contributed by atoms with Crippen molar-refractivity contribution in [3.05, 3.63) is 42.2 Å². The molecule has 0 aromatic heterocycles. The Labute approximate surface area is 106 Å². The molecule has 1 atom stereocenters. The van der Waals surface area contributed by atoms with Crippen molar-refractivity contribution in [1.29, 1.82) is 0 Å². The zero-order valence-electron chi connectivity index (χ0n) is 9.67. The molecule has 104 valence electrons. The third-order valence-corrected chi connectivity index (χ3v) is 2.33. The van der Waals surface area contributed by atoms with Crippen molar-refractivity contribution in [3.63, 3.8) is 0 Å². The predicted molar refractivity (Wildman–Crippen MR) is 61.3 cm³/mol. The fraction of sp³-hybridized carbons (Fsp3) is 0.250. The van der Waals surface area contributed by atoms with Crippen LogP contribution in [-0.4, -0.2) is 17.1 Å². The Morgan fingerprint density at radius 3 is 2.53 bits per heavy atom. The number of carboxylic acids is 1. The van der Waals surface area contributed by atoms with E-state index in [1.165, 1.54) is 6.08 Å². The van der Waals surface area contributed by atoms with Gasteiger partial charge in [0.25, 0.3) is 0 Å². The van der Waals surface area contributed by atoms with Gasteiger partial charge in [-0.15, -0.1) is 6.58 Å². The van der Waals surface area contributed by atoms with Crippen molar-refractivity contribution < 1.29 is 27.5 Å². The summed E-state index contributed by atoms with van der Waals surface area (Å²) < 4.78 is 50.4. The van der Waals surface area contributed by atoms with E-state index in [-0.39, 0.29) is 12.1 Å². The highest BCUT2D eigenvalue weighted by Gasteiger charge is 2.31. The van der Waals surface area contributed by atoms with Crippen molar-refractivity contribution in [1.82, 2.24) is 0 Å². The molecule has 0 aliphatic rings. The molecule has 2 N–H and O–H groups in total. The van der Waals surface area contributed by atoms with E-state index in [9.17, 15) is 22.4 Å². The molecule has 0 fully saturated rings. The maximum atomic E-state index is 13.5. The third kappa shape index (κ3) is 3.97. The summed E-state index contributed by atoms with van der Waals surface area (Å²) in [5.74, 6) is -2.41. The monoisotopic (exact) mass is 277 g/mol. The first kappa shape index (κ1) is 15.0. The number of nitrogens with one attached hydrogen (secondary N) is 1. The minimum absolute atomic E-state index is 0.00972. The number of benzene rings is 1. The number of aliphatic carboxylic acids is 1. The second-order valence-corrected chi connectivity index (χ2v) is 3.75. The number of alkyl halides is 3. The van der Waals surface area contributed by atoms with Gasteiger partial charge < -0.3 is 10.4 Å². The zero-order valence-corrected chi connectivity index (χ0v) is 9.67. The van der Waals surface area contributed by atoms with E-state index >= 15 is 0 Å². The van der Waals surface area contributed by atoms with Crippen molar-refractivity contribution in [2.45, 2.75) is 18.6 Å². The van der Waals surface area contributed by atoms with E-state index in [4.69, 9.17) is 5.11 Å². The van der Waals surface area contributed by atoms with Crippen LogP contribution < -0.4 is 5.32 Å². The standard InChI is InChI=1S/C12H11F4NO2/c1-2-3-10(11(18)19)17-9-5-4-7(6-8(9)13)12(14,15)16/h2,4-6,10,17H,1,3H2,(H,18,19). The first-order chi connectivity index (χ1) is 8.75. The Balaban J connectivity index is 2.96. The minimum atomic E-state index is -4.65. The van der Waals surface area contributed by atoms with Gasteiger partial charge in [-0.1, -0.05) is 6.08 Å². The van der Waals surface area contributed by atoms with Crippen LogP contribution in [0.5, 0.6) is 0 Å². The summed E-state index contributed by atoms with van der Waals surface area (Å²) >= 11 is 0. The number of hydrogen-bond donors (Lipinski definition) is 2. The lowest BCUT2D eigenvalue weighted by Gasteiger charge is -2.15. The van der Waals surface area contributed by atoms with Crippen LogP contribution in [0.4, 0.5) is 23.2 Å². The molecular weight excluding hydrogens is 266 g/mol. The highest BCUT2D eigenvalue weighted by molar-refractivity contribution is 5.77. The van der Waals surface area contributed by atoms with Gasteiger partial charge >= 0.3 is 12.1 Å². The van der Waals surface area contributed by atoms with Crippen molar-refractivity contribution >= 4 is 11.7 Å². The molecule has 1 aromatic carbocycles. The van der Waals surface area contributed by atoms with Crippen LogP contribution in [0, 0.1) is 5.82 Å². The number of anilines is 1. The molecule has 19 heavy (non-hydrogen) atoms. The molecule has 0 heterocycles. The summed E-state index contributed by atoms with van der Waals surface area (Å²) in [5, 5.41) is 11.1. The molecule has 0 saturated heterocycles. The number of hydrogen-bond acceptors (Lipinski definition) is 2. The zero-order chi connectivity index (χ0) is 14.6. The van der Waals surface area contributed by atoms with Crippen LogP contribution in [0.15, 0.2) is 30.9 Å². The van der Waals surface area contributed by atoms with Gasteiger partial charge in [0, 0.05) is 0 Å². The van der Waals surface area contributed by atoms with E-state index in [0.717, 1.165) is 6.07 Å². The van der Waals surface area contributed by atoms with Gasteiger partial charge in [-0.3, -0.25) is 0 Å². The lowest BCUT2D eigenvalue weighted by molar-refractivity contribution is -0.138. The fourth-order valence-corrected chi connectivity index (χ4v) is 1.38. The van der Waals surface area contributed by atoms with Gasteiger partial charge in [0.2, 0.25) is 0 Å². The molecule has 1 rings (SSSR count). The van der Waals surface area contributed by atoms with Crippen LogP contribution in [0.1, 0.15) is 12.0 Å². The van der Waals surface area contributed by atoms with Crippen LogP contribution >= 0.6 is 0 Å². The molecule has 1 aromatic rings. The van der Waals surface area contributed by atoms with Gasteiger partial charge in [-0.05, 0) is 24.6 Å². The molecule has 0 radical (unpaired) electrons. The number of halogens is 4. The number of carboxylic acid groups (broad SMARTS) is 1. The predicted octanol–water partition coefficient (Wildman–Crippen LogP) is 3.29. The van der Waals surface area contributed by atoms with E-state index < -0.39 is 29.6 Å². The molecule has 0 saturated carbocycles. The van der Waals surface area contributed by atoms with Crippen molar-refractivity contribution in [2.75, 3.05) is 5.32 Å². The largest absolute Gasteiger partial charge is 0.480 e. The van der Waals surface area contributed by atoms with Gasteiger partial charge in [-0.25, -0.2) is 9.18 Å². The highest BCUT2D eigenvalue weighted by Crippen LogP contribution is 2.31. The van der Waals surface area contributed by atoms with Crippen molar-refractivity contribution in [2.24, 2.45) is 0 Å². The SMILES string of the molecule is C=CCC(Nc1ccc(C(F)(F)F)cc1F)C(=O)O. The summed E-state index contributed by atoms with van der Waals surface area (Å²) in [7, 11) is 0. The lowest BCUT2D eigenvalue weighted by atomic mass is 10.1. The summed E-state index contributed by atoms with van der Waals surface area (Å²) in [4.78, 5) is 10.8. The van der Waals surface area contributed by atoms with Gasteiger partial charge in [0.05, 0.1) is 11.3 Å². The topological polar surface area (TPSA) is 49.3 Å². The van der Waals surface area contributed by atoms with Gasteiger partial charge in [0.1, 0.15) is 11.9 Å². The highest BCUT2D eigenvalue weighted by atomic mass is 19.4. The number of rotatable bonds is 5. The Bertz CT molecular complexity index is 485. The lowest BCUT2D eigenvalue weighted by Crippen LogP contribution is -2.29. The molecular formula is C12H11F4NO2. The van der Waals surface area contributed by atoms with Crippen LogP contribution in [0.3, 0.4) is 0 Å². The molecule has 1 unspecified atom stereocenters. The second kappa shape index (κ2) is 5.73. The Kier molecular flexibility index (Phi) is 4.52. The van der Waals surface area contributed by atoms with E-state index in [1.54, 1.807) is 0 Å². The average molecular weight is 277 g/mol. The first-order valence-electron chi connectivity index (χ1n) is 5.22. The second-order valence-electron chi connectivity index (χ2n) is 3.75. The van der Waals surface area contributed by atoms with Gasteiger partial charge in [0.15, 0.2) is 0 Å². The maximum Gasteiger partial charge on any atom is 0.416 e. The molecule has 0 amide bonds. The van der Waals surface area contributed by atoms with E-state index in [2.05, 4.69) is 11.9 Å². The molecule has 7 heteroatoms. The third-order valence-electron chi connectivity index (χ3n) is 2.33. The van der Waals surface area contributed by atoms with Gasteiger partial charge in [-0.2, -0.15) is 13.2 Å². The summed E-state index contributed by atoms with van der Waals surface area (Å²) in [6.45, 7) is 3.35. The minimum Gasteiger partial charge on any atom is -0.480 e. The first-order valence-corrected chi connectivity index (χ1v) is 5.22. The molecule has 0 spiro atoms. The molecule has 0 bridgehead atoms. The normalized spacial score (nSPS) is 12.8. The maximum absolute atomic E-state index is 13.5. The van der Waals surface area contributed by atoms with Crippen molar-refractivity contribution in [3.8, 4) is 0 Å². The van der Waals surface area contributed by atoms with E-state index in [1.807, 2.05) is 0 Å². The average Bonchev–Trinajstić information content (AvgIpc) is 2.29. The van der Waals surface area contributed by atoms with Crippen LogP contribution in [-0.2, 0) is 11.0 Å². The number of carbonyl (C=O) groups is 1. The fourth-order valence-electron chi connectivity index (χ4n) is 1.38. The van der Waals surface area contributed by atoms with E-state index in [0.29, 0.717) is 12.1 Å². The molecule has 0 aliphatic heterocycles. The molecule has 0 aliphatic carbocycles.